The molecule has 0 atom stereocenters. The maximum atomic E-state index is 8.95. The summed E-state index contributed by atoms with van der Waals surface area (Å²) in [5.41, 5.74) is 0. The molecular formula is C11H21N3O. The highest BCUT2D eigenvalue weighted by Crippen LogP contribution is 2.03. The summed E-state index contributed by atoms with van der Waals surface area (Å²) in [4.78, 5) is 6.56. The highest BCUT2D eigenvalue weighted by Gasteiger charge is 2.07. The summed E-state index contributed by atoms with van der Waals surface area (Å²) in [6.45, 7) is 8.00. The van der Waals surface area contributed by atoms with Gasteiger partial charge in [-0.25, -0.2) is 4.98 Å². The summed E-state index contributed by atoms with van der Waals surface area (Å²) >= 11 is 0. The maximum absolute atomic E-state index is 8.95. The minimum atomic E-state index is 0.215. The van der Waals surface area contributed by atoms with Gasteiger partial charge in [0.15, 0.2) is 0 Å². The van der Waals surface area contributed by atoms with Crippen molar-refractivity contribution in [3.63, 3.8) is 0 Å². The van der Waals surface area contributed by atoms with Gasteiger partial charge >= 0.3 is 0 Å². The Hall–Kier alpha value is -0.870. The van der Waals surface area contributed by atoms with Gasteiger partial charge in [0.1, 0.15) is 5.82 Å². The Labute approximate surface area is 91.5 Å². The molecule has 0 aromatic carbocycles. The van der Waals surface area contributed by atoms with E-state index in [4.69, 9.17) is 5.11 Å². The molecule has 1 rings (SSSR count). The lowest BCUT2D eigenvalue weighted by Gasteiger charge is -2.20. The molecular weight excluding hydrogens is 190 g/mol. The fourth-order valence-electron chi connectivity index (χ4n) is 1.71. The van der Waals surface area contributed by atoms with Gasteiger partial charge < -0.3 is 9.67 Å². The van der Waals surface area contributed by atoms with Gasteiger partial charge in [-0.3, -0.25) is 4.90 Å². The van der Waals surface area contributed by atoms with Crippen molar-refractivity contribution in [2.75, 3.05) is 19.7 Å². The van der Waals surface area contributed by atoms with Crippen LogP contribution in [0.5, 0.6) is 0 Å². The first-order valence-electron chi connectivity index (χ1n) is 5.65. The highest BCUT2D eigenvalue weighted by molar-refractivity contribution is 4.92. The molecule has 0 radical (unpaired) electrons. The standard InChI is InChI=1S/C11H21N3O/c1-3-6-13(8-9-15)10-11-12-5-7-14(11)4-2/h5,7,15H,3-4,6,8-10H2,1-2H3. The van der Waals surface area contributed by atoms with Crippen LogP contribution >= 0.6 is 0 Å². The molecule has 0 spiro atoms. The zero-order valence-corrected chi connectivity index (χ0v) is 9.69. The lowest BCUT2D eigenvalue weighted by atomic mass is 10.4. The van der Waals surface area contributed by atoms with Gasteiger partial charge in [-0.15, -0.1) is 0 Å². The van der Waals surface area contributed by atoms with Crippen LogP contribution in [0, 0.1) is 0 Å². The van der Waals surface area contributed by atoms with E-state index in [0.717, 1.165) is 38.4 Å². The van der Waals surface area contributed by atoms with Crippen LogP contribution in [0.25, 0.3) is 0 Å². The normalized spacial score (nSPS) is 11.2. The van der Waals surface area contributed by atoms with E-state index in [2.05, 4.69) is 28.3 Å². The van der Waals surface area contributed by atoms with Gasteiger partial charge in [0.05, 0.1) is 13.2 Å². The molecule has 0 aliphatic carbocycles. The fourth-order valence-corrected chi connectivity index (χ4v) is 1.71. The van der Waals surface area contributed by atoms with Crippen molar-refractivity contribution in [2.45, 2.75) is 33.4 Å². The number of aryl methyl sites for hydroxylation is 1. The SMILES string of the molecule is CCCN(CCO)Cc1nccn1CC. The quantitative estimate of drug-likeness (QED) is 0.734. The molecule has 15 heavy (non-hydrogen) atoms. The number of rotatable bonds is 7. The molecule has 4 nitrogen and oxygen atoms in total. The highest BCUT2D eigenvalue weighted by atomic mass is 16.3. The van der Waals surface area contributed by atoms with E-state index in [1.165, 1.54) is 0 Å². The lowest BCUT2D eigenvalue weighted by Crippen LogP contribution is -2.28. The molecule has 1 N–H and O–H groups in total. The zero-order chi connectivity index (χ0) is 11.1. The van der Waals surface area contributed by atoms with Gasteiger partial charge in [0, 0.05) is 25.5 Å². The van der Waals surface area contributed by atoms with Crippen molar-refractivity contribution in [3.05, 3.63) is 18.2 Å². The Morgan fingerprint density at radius 2 is 2.20 bits per heavy atom. The fraction of sp³-hybridized carbons (Fsp3) is 0.727. The Bertz CT molecular complexity index is 267. The van der Waals surface area contributed by atoms with Crippen LogP contribution in [0.2, 0.25) is 0 Å². The largest absolute Gasteiger partial charge is 0.395 e. The van der Waals surface area contributed by atoms with Crippen molar-refractivity contribution in [3.8, 4) is 0 Å². The van der Waals surface area contributed by atoms with Crippen molar-refractivity contribution < 1.29 is 5.11 Å². The molecule has 86 valence electrons. The Kier molecular flexibility index (Phi) is 5.36. The van der Waals surface area contributed by atoms with Crippen molar-refractivity contribution in [2.24, 2.45) is 0 Å². The van der Waals surface area contributed by atoms with Crippen molar-refractivity contribution in [1.82, 2.24) is 14.5 Å². The molecule has 0 aliphatic heterocycles. The molecule has 1 aromatic heterocycles. The molecule has 4 heteroatoms. The molecule has 1 aromatic rings. The van der Waals surface area contributed by atoms with Crippen molar-refractivity contribution >= 4 is 0 Å². The summed E-state index contributed by atoms with van der Waals surface area (Å²) in [5.74, 6) is 1.08. The minimum Gasteiger partial charge on any atom is -0.395 e. The first-order chi connectivity index (χ1) is 7.31. The molecule has 0 aliphatic rings. The molecule has 1 heterocycles. The second-order valence-electron chi connectivity index (χ2n) is 3.63. The summed E-state index contributed by atoms with van der Waals surface area (Å²) in [6.07, 6.45) is 4.94. The zero-order valence-electron chi connectivity index (χ0n) is 9.69. The summed E-state index contributed by atoms with van der Waals surface area (Å²) in [7, 11) is 0. The number of nitrogens with zero attached hydrogens (tertiary/aromatic N) is 3. The maximum Gasteiger partial charge on any atom is 0.122 e. The van der Waals surface area contributed by atoms with E-state index in [1.54, 1.807) is 0 Å². The van der Waals surface area contributed by atoms with Crippen LogP contribution in [0.15, 0.2) is 12.4 Å². The first-order valence-corrected chi connectivity index (χ1v) is 5.65. The first kappa shape index (κ1) is 12.2. The summed E-state index contributed by atoms with van der Waals surface area (Å²) in [6, 6.07) is 0. The molecule has 0 amide bonds. The second-order valence-corrected chi connectivity index (χ2v) is 3.63. The third kappa shape index (κ3) is 3.64. The van der Waals surface area contributed by atoms with Gasteiger partial charge in [-0.05, 0) is 19.9 Å². The number of aromatic nitrogens is 2. The summed E-state index contributed by atoms with van der Waals surface area (Å²) < 4.78 is 2.14. The average molecular weight is 211 g/mol. The average Bonchev–Trinajstić information content (AvgIpc) is 2.66. The van der Waals surface area contributed by atoms with Crippen LogP contribution < -0.4 is 0 Å². The Morgan fingerprint density at radius 1 is 1.40 bits per heavy atom. The lowest BCUT2D eigenvalue weighted by molar-refractivity contribution is 0.186. The van der Waals surface area contributed by atoms with Gasteiger partial charge in [0.25, 0.3) is 0 Å². The van der Waals surface area contributed by atoms with E-state index < -0.39 is 0 Å². The van der Waals surface area contributed by atoms with Gasteiger partial charge in [0.2, 0.25) is 0 Å². The van der Waals surface area contributed by atoms with E-state index in [1.807, 2.05) is 12.4 Å². The molecule has 0 unspecified atom stereocenters. The summed E-state index contributed by atoms with van der Waals surface area (Å²) in [5, 5.41) is 8.95. The Morgan fingerprint density at radius 3 is 2.80 bits per heavy atom. The van der Waals surface area contributed by atoms with Crippen molar-refractivity contribution in [1.29, 1.82) is 0 Å². The topological polar surface area (TPSA) is 41.3 Å². The minimum absolute atomic E-state index is 0.215. The molecule has 0 saturated carbocycles. The second kappa shape index (κ2) is 6.58. The number of aliphatic hydroxyl groups excluding tert-OH is 1. The predicted octanol–water partition coefficient (Wildman–Crippen LogP) is 1.11. The smallest absolute Gasteiger partial charge is 0.122 e. The van der Waals surface area contributed by atoms with Crippen LogP contribution in [-0.2, 0) is 13.1 Å². The van der Waals surface area contributed by atoms with Gasteiger partial charge in [-0.2, -0.15) is 0 Å². The molecule has 0 bridgehead atoms. The van der Waals surface area contributed by atoms with E-state index in [-0.39, 0.29) is 6.61 Å². The molecule has 0 saturated heterocycles. The van der Waals surface area contributed by atoms with Crippen LogP contribution in [0.4, 0.5) is 0 Å². The van der Waals surface area contributed by atoms with E-state index in [0.29, 0.717) is 0 Å². The van der Waals surface area contributed by atoms with E-state index in [9.17, 15) is 0 Å². The third-order valence-corrected chi connectivity index (χ3v) is 2.46. The molecule has 0 fully saturated rings. The van der Waals surface area contributed by atoms with Crippen LogP contribution in [0.1, 0.15) is 26.1 Å². The van der Waals surface area contributed by atoms with E-state index >= 15 is 0 Å². The number of aliphatic hydroxyl groups is 1. The monoisotopic (exact) mass is 211 g/mol. The number of imidazole rings is 1. The van der Waals surface area contributed by atoms with Gasteiger partial charge in [-0.1, -0.05) is 6.92 Å². The van der Waals surface area contributed by atoms with Crippen LogP contribution in [0.3, 0.4) is 0 Å². The van der Waals surface area contributed by atoms with Crippen LogP contribution in [-0.4, -0.2) is 39.3 Å². The Balaban J connectivity index is 2.56. The number of hydrogen-bond acceptors (Lipinski definition) is 3. The third-order valence-electron chi connectivity index (χ3n) is 2.46. The number of hydrogen-bond donors (Lipinski definition) is 1. The predicted molar refractivity (Wildman–Crippen MR) is 60.6 cm³/mol.